The number of hydrogen-bond acceptors (Lipinski definition) is 15. The molecule has 2 aliphatic heterocycles. The van der Waals surface area contributed by atoms with E-state index in [1.165, 1.54) is 23.9 Å². The number of amides is 7. The minimum atomic E-state index is -1.94. The summed E-state index contributed by atoms with van der Waals surface area (Å²) in [5.74, 6) is -1.72. The third-order valence-electron chi connectivity index (χ3n) is 13.3. The number of likely N-dealkylation sites (N-methyl/N-ethyl adjacent to an activating group) is 2. The number of esters is 1. The number of nitrogens with zero attached hydrogens (tertiary/aromatic N) is 5. The van der Waals surface area contributed by atoms with Gasteiger partial charge in [0.15, 0.2) is 5.60 Å². The molecule has 0 saturated heterocycles. The maximum atomic E-state index is 13.7. The van der Waals surface area contributed by atoms with Gasteiger partial charge < -0.3 is 49.6 Å². The van der Waals surface area contributed by atoms with E-state index < -0.39 is 47.5 Å². The van der Waals surface area contributed by atoms with Crippen LogP contribution < -0.4 is 26.2 Å². The summed E-state index contributed by atoms with van der Waals surface area (Å²) in [7, 11) is 3.07. The van der Waals surface area contributed by atoms with Gasteiger partial charge in [-0.2, -0.15) is 11.8 Å². The topological polar surface area (TPSA) is 265 Å². The zero-order chi connectivity index (χ0) is 55.4. The second-order valence-corrected chi connectivity index (χ2v) is 20.8. The predicted molar refractivity (Wildman–Crippen MR) is 284 cm³/mol. The fraction of sp³-hybridized carbons (Fsp3) is 0.481. The van der Waals surface area contributed by atoms with Crippen LogP contribution in [0.2, 0.25) is 0 Å². The SMILES string of the molecule is CCCSC(C)CC(=O)N(C=O)CCCC(=O)NC(C(=O)NCC(=O)Nc1ccc(COC(=O)N(C)CCN(C)C(=O)Oc2ccc3nc4c(c(CC)c3c2)Cn2c-4cc3c(c2=O)COC(=O)C3(O)CC)cc1)C(C)C. The molecule has 0 aliphatic carbocycles. The molecule has 2 aromatic carbocycles. The summed E-state index contributed by atoms with van der Waals surface area (Å²) in [4.78, 5) is 124. The van der Waals surface area contributed by atoms with Gasteiger partial charge in [-0.3, -0.25) is 33.7 Å². The molecule has 4 N–H and O–H groups in total. The lowest BCUT2D eigenvalue weighted by atomic mass is 9.86. The predicted octanol–water partition coefficient (Wildman–Crippen LogP) is 5.22. The zero-order valence-corrected chi connectivity index (χ0v) is 45.1. The molecule has 0 bridgehead atoms. The molecule has 3 atom stereocenters. The minimum absolute atomic E-state index is 0.0153. The van der Waals surface area contributed by atoms with E-state index in [0.717, 1.165) is 33.6 Å². The highest BCUT2D eigenvalue weighted by Gasteiger charge is 2.45. The minimum Gasteiger partial charge on any atom is -0.458 e. The van der Waals surface area contributed by atoms with E-state index >= 15 is 0 Å². The van der Waals surface area contributed by atoms with Crippen molar-refractivity contribution >= 4 is 76.5 Å². The molecule has 0 radical (unpaired) electrons. The van der Waals surface area contributed by atoms with Crippen LogP contribution in [0.3, 0.4) is 0 Å². The highest BCUT2D eigenvalue weighted by molar-refractivity contribution is 7.99. The van der Waals surface area contributed by atoms with Crippen molar-refractivity contribution in [2.24, 2.45) is 5.92 Å². The first-order valence-electron chi connectivity index (χ1n) is 25.5. The maximum absolute atomic E-state index is 13.7. The van der Waals surface area contributed by atoms with Crippen LogP contribution in [0.15, 0.2) is 53.3 Å². The van der Waals surface area contributed by atoms with Crippen molar-refractivity contribution in [2.75, 3.05) is 51.3 Å². The van der Waals surface area contributed by atoms with Crippen molar-refractivity contribution in [2.45, 2.75) is 117 Å². The molecule has 7 amide bonds. The van der Waals surface area contributed by atoms with Crippen molar-refractivity contribution in [1.82, 2.24) is 34.9 Å². The van der Waals surface area contributed by atoms with Crippen LogP contribution in [-0.4, -0.2) is 135 Å². The average molecular weight is 1070 g/mol. The lowest BCUT2D eigenvalue weighted by Crippen LogP contribution is -2.51. The van der Waals surface area contributed by atoms with Crippen LogP contribution >= 0.6 is 11.8 Å². The summed E-state index contributed by atoms with van der Waals surface area (Å²) in [6.45, 7) is 11.0. The third-order valence-corrected chi connectivity index (χ3v) is 14.7. The van der Waals surface area contributed by atoms with E-state index in [0.29, 0.717) is 41.0 Å². The second kappa shape index (κ2) is 25.9. The number of cyclic esters (lactones) is 1. The number of aromatic nitrogens is 2. The zero-order valence-electron chi connectivity index (χ0n) is 44.3. The Hall–Kier alpha value is -7.33. The molecule has 408 valence electrons. The van der Waals surface area contributed by atoms with E-state index in [-0.39, 0.29) is 111 Å². The Morgan fingerprint density at radius 1 is 0.934 bits per heavy atom. The molecule has 4 heterocycles. The largest absolute Gasteiger partial charge is 0.458 e. The quantitative estimate of drug-likeness (QED) is 0.0456. The first-order chi connectivity index (χ1) is 36.2. The number of fused-ring (bicyclic) bond motifs is 5. The molecule has 0 fully saturated rings. The molecule has 21 nitrogen and oxygen atoms in total. The number of anilines is 1. The van der Waals surface area contributed by atoms with Gasteiger partial charge in [-0.1, -0.05) is 53.7 Å². The molecule has 2 aromatic heterocycles. The number of benzene rings is 2. The summed E-state index contributed by atoms with van der Waals surface area (Å²) in [6.07, 6.45) is 1.18. The smallest absolute Gasteiger partial charge is 0.415 e. The van der Waals surface area contributed by atoms with Crippen LogP contribution in [0.1, 0.15) is 101 Å². The van der Waals surface area contributed by atoms with Gasteiger partial charge in [0.2, 0.25) is 30.0 Å². The maximum Gasteiger partial charge on any atom is 0.415 e. The van der Waals surface area contributed by atoms with E-state index in [9.17, 15) is 48.3 Å². The number of aryl methyl sites for hydroxylation is 1. The van der Waals surface area contributed by atoms with Crippen molar-refractivity contribution in [3.8, 4) is 17.1 Å². The number of hydrogen-bond donors (Lipinski definition) is 4. The van der Waals surface area contributed by atoms with Crippen molar-refractivity contribution < 1.29 is 57.7 Å². The Kier molecular flexibility index (Phi) is 19.8. The average Bonchev–Trinajstić information content (AvgIpc) is 3.77. The summed E-state index contributed by atoms with van der Waals surface area (Å²) in [5.41, 5.74) is 2.60. The lowest BCUT2D eigenvalue weighted by Gasteiger charge is -2.31. The molecule has 6 rings (SSSR count). The Balaban J connectivity index is 0.920. The summed E-state index contributed by atoms with van der Waals surface area (Å²) >= 11 is 1.66. The van der Waals surface area contributed by atoms with E-state index in [1.54, 1.807) is 85.6 Å². The van der Waals surface area contributed by atoms with Gasteiger partial charge in [-0.05, 0) is 84.9 Å². The van der Waals surface area contributed by atoms with Gasteiger partial charge in [0.1, 0.15) is 25.0 Å². The number of aliphatic hydroxyl groups is 1. The molecule has 3 unspecified atom stereocenters. The van der Waals surface area contributed by atoms with Crippen LogP contribution in [0.5, 0.6) is 5.75 Å². The first-order valence-corrected chi connectivity index (χ1v) is 26.5. The van der Waals surface area contributed by atoms with Gasteiger partial charge in [0, 0.05) is 74.0 Å². The van der Waals surface area contributed by atoms with Gasteiger partial charge in [-0.25, -0.2) is 19.4 Å². The van der Waals surface area contributed by atoms with Gasteiger partial charge in [0.25, 0.3) is 5.56 Å². The highest BCUT2D eigenvalue weighted by atomic mass is 32.2. The third kappa shape index (κ3) is 13.7. The number of pyridine rings is 2. The molecule has 22 heteroatoms. The molecular weight excluding hydrogens is 1000 g/mol. The van der Waals surface area contributed by atoms with Crippen molar-refractivity contribution in [1.29, 1.82) is 0 Å². The highest BCUT2D eigenvalue weighted by Crippen LogP contribution is 2.41. The number of imide groups is 1. The molecular formula is C54H68N8O13S. The Labute approximate surface area is 445 Å². The number of thioether (sulfide) groups is 1. The van der Waals surface area contributed by atoms with E-state index in [4.69, 9.17) is 19.2 Å². The molecule has 76 heavy (non-hydrogen) atoms. The first kappa shape index (κ1) is 57.9. The molecule has 0 saturated carbocycles. The number of ether oxygens (including phenoxy) is 3. The Morgan fingerprint density at radius 2 is 1.64 bits per heavy atom. The fourth-order valence-corrected chi connectivity index (χ4v) is 9.76. The van der Waals surface area contributed by atoms with Crippen LogP contribution in [0.4, 0.5) is 15.3 Å². The van der Waals surface area contributed by atoms with Gasteiger partial charge >= 0.3 is 18.2 Å². The Morgan fingerprint density at radius 3 is 2.30 bits per heavy atom. The monoisotopic (exact) mass is 1070 g/mol. The van der Waals surface area contributed by atoms with Crippen molar-refractivity contribution in [3.05, 3.63) is 86.7 Å². The van der Waals surface area contributed by atoms with Crippen LogP contribution in [-0.2, 0) is 70.0 Å². The molecule has 0 spiro atoms. The van der Waals surface area contributed by atoms with Gasteiger partial charge in [0.05, 0.1) is 35.6 Å². The summed E-state index contributed by atoms with van der Waals surface area (Å²) in [5, 5.41) is 20.0. The Bertz CT molecular complexity index is 2910. The number of nitrogens with one attached hydrogen (secondary N) is 3. The summed E-state index contributed by atoms with van der Waals surface area (Å²) < 4.78 is 18.0. The van der Waals surface area contributed by atoms with E-state index in [1.807, 2.05) is 13.8 Å². The van der Waals surface area contributed by atoms with Gasteiger partial charge in [-0.15, -0.1) is 0 Å². The normalized spacial score (nSPS) is 15.1. The van der Waals surface area contributed by atoms with Crippen LogP contribution in [0, 0.1) is 5.92 Å². The summed E-state index contributed by atoms with van der Waals surface area (Å²) in [6, 6.07) is 12.3. The standard InChI is InChI=1S/C54H68N8O13S/c1-9-23-76-33(6)24-46(66)61(31-63)20-12-13-44(64)58-47(32(4)5)49(67)55-27-45(65)56-35-16-14-34(15-17-35)29-74-52(70)59(7)21-22-60(8)53(71)75-36-18-19-42-38(25-36)37(10-2)39-28-62-43(48(39)57-42)26-41-40(50(62)68)30-73-51(69)54(41,72)11-3/h14-19,25-26,31-33,47,72H,9-13,20-24,27-30H2,1-8H3,(H,55,67)(H,56,65)(H,58,64). The second-order valence-electron chi connectivity index (χ2n) is 19.3. The van der Waals surface area contributed by atoms with Crippen LogP contribution in [0.25, 0.3) is 22.3 Å². The molecule has 2 aliphatic rings. The van der Waals surface area contributed by atoms with E-state index in [2.05, 4.69) is 22.9 Å². The lowest BCUT2D eigenvalue weighted by molar-refractivity contribution is -0.172. The number of carbonyl (C=O) groups excluding carboxylic acids is 8. The fourth-order valence-electron chi connectivity index (χ4n) is 8.86. The number of carbonyl (C=O) groups is 8. The van der Waals surface area contributed by atoms with Crippen molar-refractivity contribution in [3.63, 3.8) is 0 Å². The number of rotatable bonds is 24. The molecule has 4 aromatic rings.